The highest BCUT2D eigenvalue weighted by Gasteiger charge is 2.74. The number of rotatable bonds is 0. The van der Waals surface area contributed by atoms with Crippen molar-refractivity contribution in [1.29, 1.82) is 0 Å². The molecular weight excluding hydrogens is 228 g/mol. The van der Waals surface area contributed by atoms with Gasteiger partial charge in [0.1, 0.15) is 0 Å². The second kappa shape index (κ2) is 2.13. The van der Waals surface area contributed by atoms with Crippen LogP contribution in [0.4, 0.5) is 8.78 Å². The molecule has 10 heavy (non-hydrogen) atoms. The molecule has 6 heteroatoms. The van der Waals surface area contributed by atoms with E-state index in [1.165, 1.54) is 0 Å². The summed E-state index contributed by atoms with van der Waals surface area (Å²) in [4.78, 5) is 0. The summed E-state index contributed by atoms with van der Waals surface area (Å²) in [5.41, 5.74) is -0.619. The molecule has 1 rings (SSSR count). The fourth-order valence-electron chi connectivity index (χ4n) is 0.529. The number of hydrogen-bond acceptors (Lipinski definition) is 0. The number of halogens is 6. The van der Waals surface area contributed by atoms with Crippen LogP contribution in [0.15, 0.2) is 11.7 Å². The molecule has 0 bridgehead atoms. The van der Waals surface area contributed by atoms with E-state index in [9.17, 15) is 8.78 Å². The zero-order valence-corrected chi connectivity index (χ0v) is 7.29. The lowest BCUT2D eigenvalue weighted by Gasteiger charge is -1.91. The van der Waals surface area contributed by atoms with E-state index in [0.29, 0.717) is 0 Å². The summed E-state index contributed by atoms with van der Waals surface area (Å²) >= 11 is 21.0. The summed E-state index contributed by atoms with van der Waals surface area (Å²) in [7, 11) is 0. The van der Waals surface area contributed by atoms with Gasteiger partial charge in [-0.2, -0.15) is 8.78 Å². The van der Waals surface area contributed by atoms with Gasteiger partial charge < -0.3 is 0 Å². The number of hydrogen-bond donors (Lipinski definition) is 0. The number of allylic oxidation sites excluding steroid dienone is 1. The second-order valence-corrected chi connectivity index (χ2v) is 4.44. The Labute approximate surface area is 75.7 Å². The van der Waals surface area contributed by atoms with Crippen LogP contribution in [0, 0.1) is 0 Å². The first-order chi connectivity index (χ1) is 4.32. The summed E-state index contributed by atoms with van der Waals surface area (Å²) in [6, 6.07) is 0. The molecule has 0 N–H and O–H groups in total. The van der Waals surface area contributed by atoms with Crippen LogP contribution in [0.5, 0.6) is 0 Å². The molecule has 0 spiro atoms. The summed E-state index contributed by atoms with van der Waals surface area (Å²) in [6.45, 7) is 0. The van der Waals surface area contributed by atoms with Gasteiger partial charge in [-0.1, -0.05) is 46.4 Å². The van der Waals surface area contributed by atoms with Crippen molar-refractivity contribution >= 4 is 46.4 Å². The third-order valence-corrected chi connectivity index (χ3v) is 3.43. The summed E-state index contributed by atoms with van der Waals surface area (Å²) in [5.74, 6) is 0. The van der Waals surface area contributed by atoms with Gasteiger partial charge in [0.2, 0.25) is 0 Å². The zero-order chi connectivity index (χ0) is 8.15. The Morgan fingerprint density at radius 3 is 1.30 bits per heavy atom. The van der Waals surface area contributed by atoms with E-state index < -0.39 is 20.3 Å². The molecule has 1 saturated carbocycles. The fraction of sp³-hybridized carbons (Fsp3) is 0.500. The highest BCUT2D eigenvalue weighted by Crippen LogP contribution is 2.69. The Morgan fingerprint density at radius 1 is 1.00 bits per heavy atom. The third kappa shape index (κ3) is 0.934. The minimum absolute atomic E-state index is 0.619. The van der Waals surface area contributed by atoms with E-state index in [-0.39, 0.29) is 0 Å². The molecule has 0 radical (unpaired) electrons. The van der Waals surface area contributed by atoms with Crippen molar-refractivity contribution in [2.45, 2.75) is 8.67 Å². The van der Waals surface area contributed by atoms with Crippen molar-refractivity contribution in [3.05, 3.63) is 11.7 Å². The van der Waals surface area contributed by atoms with Crippen molar-refractivity contribution in [1.82, 2.24) is 0 Å². The van der Waals surface area contributed by atoms with Gasteiger partial charge >= 0.3 is 0 Å². The minimum atomic E-state index is -2.02. The maximum Gasteiger partial charge on any atom is 0.275 e. The van der Waals surface area contributed by atoms with E-state index in [1.807, 2.05) is 0 Å². The Hall–Kier alpha value is 0.760. The average molecular weight is 228 g/mol. The van der Waals surface area contributed by atoms with Gasteiger partial charge in [0.25, 0.3) is 6.08 Å². The van der Waals surface area contributed by atoms with Crippen molar-refractivity contribution < 1.29 is 8.78 Å². The lowest BCUT2D eigenvalue weighted by atomic mass is 10.7. The monoisotopic (exact) mass is 226 g/mol. The molecule has 0 aromatic carbocycles. The van der Waals surface area contributed by atoms with Crippen LogP contribution in [-0.2, 0) is 0 Å². The largest absolute Gasteiger partial charge is 0.275 e. The van der Waals surface area contributed by atoms with Crippen LogP contribution in [0.1, 0.15) is 0 Å². The van der Waals surface area contributed by atoms with Gasteiger partial charge in [-0.25, -0.2) is 0 Å². The molecular formula is C4Cl4F2. The van der Waals surface area contributed by atoms with Crippen LogP contribution in [0.2, 0.25) is 0 Å². The first kappa shape index (κ1) is 8.85. The number of alkyl halides is 4. The summed E-state index contributed by atoms with van der Waals surface area (Å²) in [5, 5.41) is 0. The molecule has 0 aromatic heterocycles. The Morgan fingerprint density at radius 2 is 1.30 bits per heavy atom. The van der Waals surface area contributed by atoms with Crippen molar-refractivity contribution in [3.8, 4) is 0 Å². The summed E-state index contributed by atoms with van der Waals surface area (Å²) in [6.07, 6.45) is -2.02. The lowest BCUT2D eigenvalue weighted by molar-refractivity contribution is 0.417. The lowest BCUT2D eigenvalue weighted by Crippen LogP contribution is -1.96. The predicted molar refractivity (Wildman–Crippen MR) is 38.1 cm³/mol. The first-order valence-electron chi connectivity index (χ1n) is 2.13. The highest BCUT2D eigenvalue weighted by molar-refractivity contribution is 6.72. The Kier molecular flexibility index (Phi) is 1.88. The normalized spacial score (nSPS) is 26.4. The summed E-state index contributed by atoms with van der Waals surface area (Å²) < 4.78 is 19.9. The molecule has 0 aromatic rings. The third-order valence-electron chi connectivity index (χ3n) is 1.15. The van der Waals surface area contributed by atoms with Gasteiger partial charge in [-0.3, -0.25) is 0 Å². The van der Waals surface area contributed by atoms with Gasteiger partial charge in [0.05, 0.1) is 5.57 Å². The smallest absolute Gasteiger partial charge is 0.173 e. The van der Waals surface area contributed by atoms with Crippen LogP contribution in [-0.4, -0.2) is 8.67 Å². The maximum absolute atomic E-state index is 11.8. The molecule has 0 heterocycles. The fourth-order valence-corrected chi connectivity index (χ4v) is 1.76. The SMILES string of the molecule is FC(F)=C1C(Cl)(Cl)C1(Cl)Cl. The minimum Gasteiger partial charge on any atom is -0.173 e. The second-order valence-electron chi connectivity index (χ2n) is 1.78. The van der Waals surface area contributed by atoms with Crippen LogP contribution in [0.25, 0.3) is 0 Å². The highest BCUT2D eigenvalue weighted by atomic mass is 35.5. The predicted octanol–water partition coefficient (Wildman–Crippen LogP) is 3.50. The molecule has 0 unspecified atom stereocenters. The quantitative estimate of drug-likeness (QED) is 0.556. The molecule has 1 aliphatic rings. The van der Waals surface area contributed by atoms with E-state index in [1.54, 1.807) is 0 Å². The van der Waals surface area contributed by atoms with Gasteiger partial charge in [-0.15, -0.1) is 0 Å². The molecule has 0 amide bonds. The van der Waals surface area contributed by atoms with Crippen LogP contribution >= 0.6 is 46.4 Å². The first-order valence-corrected chi connectivity index (χ1v) is 3.65. The van der Waals surface area contributed by atoms with Crippen LogP contribution in [0.3, 0.4) is 0 Å². The van der Waals surface area contributed by atoms with Crippen molar-refractivity contribution in [3.63, 3.8) is 0 Å². The average Bonchev–Trinajstić information content (AvgIpc) is 1.97. The van der Waals surface area contributed by atoms with Crippen LogP contribution < -0.4 is 0 Å². The van der Waals surface area contributed by atoms with Gasteiger partial charge in [0.15, 0.2) is 8.67 Å². The molecule has 58 valence electrons. The topological polar surface area (TPSA) is 0 Å². The standard InChI is InChI=1S/C4Cl4F2/c5-3(6)1(2(9)10)4(3,7)8. The van der Waals surface area contributed by atoms with E-state index in [2.05, 4.69) is 0 Å². The molecule has 1 fully saturated rings. The van der Waals surface area contributed by atoms with Gasteiger partial charge in [-0.05, 0) is 0 Å². The molecule has 1 aliphatic carbocycles. The maximum atomic E-state index is 11.8. The van der Waals surface area contributed by atoms with Crippen molar-refractivity contribution in [2.75, 3.05) is 0 Å². The molecule has 0 atom stereocenters. The van der Waals surface area contributed by atoms with Crippen molar-refractivity contribution in [2.24, 2.45) is 0 Å². The molecule has 0 nitrogen and oxygen atoms in total. The van der Waals surface area contributed by atoms with E-state index in [0.717, 1.165) is 0 Å². The Bertz CT molecular complexity index is 187. The Balaban J connectivity index is 3.04. The van der Waals surface area contributed by atoms with Gasteiger partial charge in [0, 0.05) is 0 Å². The van der Waals surface area contributed by atoms with E-state index in [4.69, 9.17) is 46.4 Å². The zero-order valence-electron chi connectivity index (χ0n) is 4.27. The van der Waals surface area contributed by atoms with E-state index >= 15 is 0 Å². The molecule has 0 aliphatic heterocycles. The molecule has 0 saturated heterocycles.